The van der Waals surface area contributed by atoms with E-state index in [9.17, 15) is 9.59 Å². The van der Waals surface area contributed by atoms with E-state index in [1.165, 1.54) is 5.56 Å². The molecule has 27 heavy (non-hydrogen) atoms. The SMILES string of the molecule is O=C(O)CCN1CCC2(CC1)COc1cc(C(=O)c3ccccc3)ccc12. The fourth-order valence-electron chi connectivity index (χ4n) is 4.14. The van der Waals surface area contributed by atoms with Gasteiger partial charge in [-0.15, -0.1) is 0 Å². The smallest absolute Gasteiger partial charge is 0.304 e. The molecule has 0 aromatic heterocycles. The van der Waals surface area contributed by atoms with Crippen molar-refractivity contribution in [1.82, 2.24) is 4.90 Å². The van der Waals surface area contributed by atoms with Crippen LogP contribution in [-0.4, -0.2) is 48.0 Å². The van der Waals surface area contributed by atoms with Gasteiger partial charge in [0.2, 0.25) is 0 Å². The summed E-state index contributed by atoms with van der Waals surface area (Å²) in [5.74, 6) is 0.0719. The molecule has 1 saturated heterocycles. The lowest BCUT2D eigenvalue weighted by atomic mass is 9.74. The van der Waals surface area contributed by atoms with Crippen LogP contribution in [-0.2, 0) is 10.2 Å². The van der Waals surface area contributed by atoms with Crippen molar-refractivity contribution in [2.24, 2.45) is 0 Å². The molecular weight excluding hydrogens is 342 g/mol. The minimum Gasteiger partial charge on any atom is -0.492 e. The van der Waals surface area contributed by atoms with Gasteiger partial charge in [-0.05, 0) is 32.0 Å². The largest absolute Gasteiger partial charge is 0.492 e. The molecule has 1 N–H and O–H groups in total. The Balaban J connectivity index is 1.49. The first-order valence-corrected chi connectivity index (χ1v) is 9.39. The average molecular weight is 365 g/mol. The van der Waals surface area contributed by atoms with Crippen LogP contribution in [0.15, 0.2) is 48.5 Å². The molecule has 2 aromatic carbocycles. The molecule has 0 atom stereocenters. The van der Waals surface area contributed by atoms with E-state index in [-0.39, 0.29) is 17.6 Å². The summed E-state index contributed by atoms with van der Waals surface area (Å²) < 4.78 is 5.99. The van der Waals surface area contributed by atoms with Crippen LogP contribution in [0.25, 0.3) is 0 Å². The van der Waals surface area contributed by atoms with Gasteiger partial charge in [0, 0.05) is 28.7 Å². The summed E-state index contributed by atoms with van der Waals surface area (Å²) in [5.41, 5.74) is 2.50. The number of likely N-dealkylation sites (tertiary alicyclic amines) is 1. The lowest BCUT2D eigenvalue weighted by molar-refractivity contribution is -0.137. The predicted molar refractivity (Wildman–Crippen MR) is 101 cm³/mol. The van der Waals surface area contributed by atoms with Crippen molar-refractivity contribution >= 4 is 11.8 Å². The Morgan fingerprint density at radius 3 is 2.48 bits per heavy atom. The molecule has 1 fully saturated rings. The third-order valence-corrected chi connectivity index (χ3v) is 5.81. The van der Waals surface area contributed by atoms with Crippen LogP contribution < -0.4 is 4.74 Å². The van der Waals surface area contributed by atoms with Crippen LogP contribution in [0.3, 0.4) is 0 Å². The molecule has 5 heteroatoms. The van der Waals surface area contributed by atoms with E-state index in [2.05, 4.69) is 4.90 Å². The predicted octanol–water partition coefficient (Wildman–Crippen LogP) is 3.12. The average Bonchev–Trinajstić information content (AvgIpc) is 3.05. The second kappa shape index (κ2) is 7.16. The van der Waals surface area contributed by atoms with Crippen LogP contribution in [0.2, 0.25) is 0 Å². The van der Waals surface area contributed by atoms with Gasteiger partial charge in [0.15, 0.2) is 5.78 Å². The van der Waals surface area contributed by atoms with Gasteiger partial charge in [-0.2, -0.15) is 0 Å². The molecule has 2 aliphatic rings. The molecule has 1 spiro atoms. The van der Waals surface area contributed by atoms with Gasteiger partial charge in [0.05, 0.1) is 13.0 Å². The van der Waals surface area contributed by atoms with Crippen molar-refractivity contribution in [3.8, 4) is 5.75 Å². The maximum atomic E-state index is 12.7. The number of hydrogen-bond donors (Lipinski definition) is 1. The summed E-state index contributed by atoms with van der Waals surface area (Å²) in [4.78, 5) is 25.7. The van der Waals surface area contributed by atoms with Crippen molar-refractivity contribution in [3.63, 3.8) is 0 Å². The van der Waals surface area contributed by atoms with Crippen LogP contribution in [0.1, 0.15) is 40.7 Å². The molecule has 4 rings (SSSR count). The monoisotopic (exact) mass is 365 g/mol. The van der Waals surface area contributed by atoms with Crippen LogP contribution >= 0.6 is 0 Å². The fraction of sp³-hybridized carbons (Fsp3) is 0.364. The third-order valence-electron chi connectivity index (χ3n) is 5.81. The second-order valence-electron chi connectivity index (χ2n) is 7.46. The standard InChI is InChI=1S/C22H23NO4/c24-20(25)8-11-23-12-9-22(10-13-23)15-27-19-14-17(6-7-18(19)22)21(26)16-4-2-1-3-5-16/h1-7,14H,8-13,15H2,(H,24,25). The Labute approximate surface area is 158 Å². The number of hydrogen-bond acceptors (Lipinski definition) is 4. The normalized spacial score (nSPS) is 18.1. The van der Waals surface area contributed by atoms with E-state index in [1.54, 1.807) is 0 Å². The molecule has 5 nitrogen and oxygen atoms in total. The van der Waals surface area contributed by atoms with Gasteiger partial charge in [0.25, 0.3) is 0 Å². The molecule has 0 saturated carbocycles. The minimum atomic E-state index is -0.750. The Kier molecular flexibility index (Phi) is 4.70. The topological polar surface area (TPSA) is 66.8 Å². The molecule has 0 radical (unpaired) electrons. The Bertz CT molecular complexity index is 854. The number of fused-ring (bicyclic) bond motifs is 2. The van der Waals surface area contributed by atoms with Crippen molar-refractivity contribution in [2.45, 2.75) is 24.7 Å². The fourth-order valence-corrected chi connectivity index (χ4v) is 4.14. The zero-order valence-electron chi connectivity index (χ0n) is 15.2. The highest BCUT2D eigenvalue weighted by Crippen LogP contribution is 2.45. The highest BCUT2D eigenvalue weighted by molar-refractivity contribution is 6.09. The van der Waals surface area contributed by atoms with Crippen molar-refractivity contribution in [1.29, 1.82) is 0 Å². The molecule has 0 bridgehead atoms. The number of carboxylic acid groups (broad SMARTS) is 1. The molecule has 2 heterocycles. The highest BCUT2D eigenvalue weighted by Gasteiger charge is 2.43. The van der Waals surface area contributed by atoms with E-state index >= 15 is 0 Å². The summed E-state index contributed by atoms with van der Waals surface area (Å²) in [6, 6.07) is 15.1. The second-order valence-corrected chi connectivity index (χ2v) is 7.46. The summed E-state index contributed by atoms with van der Waals surface area (Å²) in [7, 11) is 0. The molecule has 2 aromatic rings. The van der Waals surface area contributed by atoms with Crippen molar-refractivity contribution in [3.05, 3.63) is 65.2 Å². The van der Waals surface area contributed by atoms with Gasteiger partial charge in [-0.25, -0.2) is 0 Å². The highest BCUT2D eigenvalue weighted by atomic mass is 16.5. The number of carbonyl (C=O) groups is 2. The summed E-state index contributed by atoms with van der Waals surface area (Å²) in [6.07, 6.45) is 2.09. The van der Waals surface area contributed by atoms with Crippen LogP contribution in [0, 0.1) is 0 Å². The number of aliphatic carboxylic acids is 1. The number of ketones is 1. The molecule has 0 aliphatic carbocycles. The maximum absolute atomic E-state index is 12.7. The number of ether oxygens (including phenoxy) is 1. The summed E-state index contributed by atoms with van der Waals surface area (Å²) in [6.45, 7) is 2.99. The van der Waals surface area contributed by atoms with Crippen molar-refractivity contribution in [2.75, 3.05) is 26.2 Å². The summed E-state index contributed by atoms with van der Waals surface area (Å²) in [5, 5.41) is 8.86. The lowest BCUT2D eigenvalue weighted by Gasteiger charge is -2.38. The van der Waals surface area contributed by atoms with Crippen LogP contribution in [0.4, 0.5) is 0 Å². The van der Waals surface area contributed by atoms with Gasteiger partial charge in [-0.1, -0.05) is 42.5 Å². The molecule has 2 aliphatic heterocycles. The van der Waals surface area contributed by atoms with Gasteiger partial charge < -0.3 is 14.7 Å². The number of nitrogens with zero attached hydrogens (tertiary/aromatic N) is 1. The van der Waals surface area contributed by atoms with Gasteiger partial charge in [-0.3, -0.25) is 9.59 Å². The van der Waals surface area contributed by atoms with Gasteiger partial charge in [0.1, 0.15) is 5.75 Å². The number of piperidine rings is 1. The Morgan fingerprint density at radius 1 is 1.04 bits per heavy atom. The molecular formula is C22H23NO4. The summed E-state index contributed by atoms with van der Waals surface area (Å²) >= 11 is 0. The minimum absolute atomic E-state index is 0.00596. The molecule has 140 valence electrons. The van der Waals surface area contributed by atoms with E-state index in [0.717, 1.165) is 31.7 Å². The molecule has 0 unspecified atom stereocenters. The van der Waals surface area contributed by atoms with Crippen LogP contribution in [0.5, 0.6) is 5.75 Å². The zero-order chi connectivity index (χ0) is 18.9. The molecule has 0 amide bonds. The number of carboxylic acids is 1. The Morgan fingerprint density at radius 2 is 1.78 bits per heavy atom. The third kappa shape index (κ3) is 3.47. The van der Waals surface area contributed by atoms with E-state index in [0.29, 0.717) is 24.3 Å². The lowest BCUT2D eigenvalue weighted by Crippen LogP contribution is -2.44. The first-order valence-electron chi connectivity index (χ1n) is 9.39. The number of rotatable bonds is 5. The maximum Gasteiger partial charge on any atom is 0.304 e. The van der Waals surface area contributed by atoms with E-state index in [1.807, 2.05) is 48.5 Å². The van der Waals surface area contributed by atoms with Gasteiger partial charge >= 0.3 is 5.97 Å². The number of benzene rings is 2. The Hall–Kier alpha value is -2.66. The first kappa shape index (κ1) is 17.7. The number of carbonyl (C=O) groups excluding carboxylic acids is 1. The first-order chi connectivity index (χ1) is 13.1. The zero-order valence-corrected chi connectivity index (χ0v) is 15.2. The quantitative estimate of drug-likeness (QED) is 0.825. The van der Waals surface area contributed by atoms with E-state index < -0.39 is 5.97 Å². The van der Waals surface area contributed by atoms with Crippen molar-refractivity contribution < 1.29 is 19.4 Å². The van der Waals surface area contributed by atoms with E-state index in [4.69, 9.17) is 9.84 Å².